The Hall–Kier alpha value is -3.61. The lowest BCUT2D eigenvalue weighted by atomic mass is 9.97. The maximum atomic E-state index is 13.3. The summed E-state index contributed by atoms with van der Waals surface area (Å²) in [4.78, 5) is 39.5. The SMILES string of the molecule is Cc1cc(N2CCN(C(=O)c3ccccc3C(=O)c3ccc(F)cc3)CC2)nc(C(C)C)n1. The maximum absolute atomic E-state index is 13.3. The molecule has 0 radical (unpaired) electrons. The van der Waals surface area contributed by atoms with E-state index < -0.39 is 5.82 Å². The summed E-state index contributed by atoms with van der Waals surface area (Å²) in [6.07, 6.45) is 0. The molecular weight excluding hydrogens is 419 g/mol. The molecule has 0 saturated carbocycles. The number of hydrogen-bond acceptors (Lipinski definition) is 5. The summed E-state index contributed by atoms with van der Waals surface area (Å²) in [6, 6.07) is 14.1. The number of amides is 1. The maximum Gasteiger partial charge on any atom is 0.254 e. The Labute approximate surface area is 193 Å². The minimum absolute atomic E-state index is 0.178. The van der Waals surface area contributed by atoms with Gasteiger partial charge in [0.05, 0.1) is 5.56 Å². The minimum Gasteiger partial charge on any atom is -0.353 e. The second-order valence-corrected chi connectivity index (χ2v) is 8.54. The molecule has 6 nitrogen and oxygen atoms in total. The molecule has 7 heteroatoms. The summed E-state index contributed by atoms with van der Waals surface area (Å²) in [6.45, 7) is 8.45. The van der Waals surface area contributed by atoms with E-state index in [1.165, 1.54) is 24.3 Å². The lowest BCUT2D eigenvalue weighted by Crippen LogP contribution is -2.49. The molecule has 0 N–H and O–H groups in total. The van der Waals surface area contributed by atoms with Gasteiger partial charge in [-0.2, -0.15) is 0 Å². The van der Waals surface area contributed by atoms with E-state index in [0.29, 0.717) is 42.9 Å². The van der Waals surface area contributed by atoms with Gasteiger partial charge in [-0.25, -0.2) is 14.4 Å². The highest BCUT2D eigenvalue weighted by molar-refractivity contribution is 6.15. The van der Waals surface area contributed by atoms with Crippen LogP contribution in [0.1, 0.15) is 57.6 Å². The monoisotopic (exact) mass is 446 g/mol. The number of ketones is 1. The van der Waals surface area contributed by atoms with Crippen molar-refractivity contribution in [1.82, 2.24) is 14.9 Å². The van der Waals surface area contributed by atoms with E-state index in [0.717, 1.165) is 17.3 Å². The number of aryl methyl sites for hydroxylation is 1. The molecule has 0 spiro atoms. The Morgan fingerprint density at radius 3 is 2.18 bits per heavy atom. The van der Waals surface area contributed by atoms with E-state index in [9.17, 15) is 14.0 Å². The van der Waals surface area contributed by atoms with Gasteiger partial charge >= 0.3 is 0 Å². The number of rotatable bonds is 5. The highest BCUT2D eigenvalue weighted by Crippen LogP contribution is 2.21. The molecule has 2 heterocycles. The normalized spacial score (nSPS) is 14.0. The molecule has 1 saturated heterocycles. The molecule has 1 aromatic heterocycles. The molecular formula is C26H27FN4O2. The van der Waals surface area contributed by atoms with Crippen LogP contribution in [-0.2, 0) is 0 Å². The molecule has 1 fully saturated rings. The summed E-state index contributed by atoms with van der Waals surface area (Å²) in [5.74, 6) is 1.05. The molecule has 33 heavy (non-hydrogen) atoms. The summed E-state index contributed by atoms with van der Waals surface area (Å²) >= 11 is 0. The van der Waals surface area contributed by atoms with Crippen molar-refractivity contribution in [2.75, 3.05) is 31.1 Å². The van der Waals surface area contributed by atoms with Crippen molar-refractivity contribution in [2.45, 2.75) is 26.7 Å². The van der Waals surface area contributed by atoms with Gasteiger partial charge in [0, 0.05) is 55.0 Å². The number of carbonyl (C=O) groups excluding carboxylic acids is 2. The third-order valence-corrected chi connectivity index (χ3v) is 5.77. The Morgan fingerprint density at radius 2 is 1.55 bits per heavy atom. The van der Waals surface area contributed by atoms with Crippen molar-refractivity contribution in [3.63, 3.8) is 0 Å². The van der Waals surface area contributed by atoms with Crippen LogP contribution in [0.2, 0.25) is 0 Å². The molecule has 0 bridgehead atoms. The summed E-state index contributed by atoms with van der Waals surface area (Å²) < 4.78 is 13.3. The molecule has 1 aliphatic rings. The molecule has 2 aromatic carbocycles. The fourth-order valence-electron chi connectivity index (χ4n) is 3.93. The van der Waals surface area contributed by atoms with Crippen LogP contribution in [0.5, 0.6) is 0 Å². The second-order valence-electron chi connectivity index (χ2n) is 8.54. The standard InChI is InChI=1S/C26H27FN4O2/c1-17(2)25-28-18(3)16-23(29-25)30-12-14-31(15-13-30)26(33)22-7-5-4-6-21(22)24(32)19-8-10-20(27)11-9-19/h4-11,16-17H,12-15H2,1-3H3. The largest absolute Gasteiger partial charge is 0.353 e. The van der Waals surface area contributed by atoms with Crippen molar-refractivity contribution in [1.29, 1.82) is 0 Å². The number of hydrogen-bond donors (Lipinski definition) is 0. The number of anilines is 1. The molecule has 3 aromatic rings. The van der Waals surface area contributed by atoms with Gasteiger partial charge in [0.15, 0.2) is 5.78 Å². The minimum atomic E-state index is -0.409. The fourth-order valence-corrected chi connectivity index (χ4v) is 3.93. The van der Waals surface area contributed by atoms with E-state index in [1.807, 2.05) is 13.0 Å². The van der Waals surface area contributed by atoms with Gasteiger partial charge in [-0.1, -0.05) is 32.0 Å². The first kappa shape index (κ1) is 22.6. The number of halogens is 1. The second kappa shape index (κ2) is 9.48. The Bertz CT molecular complexity index is 1170. The van der Waals surface area contributed by atoms with Gasteiger partial charge in [-0.05, 0) is 37.3 Å². The van der Waals surface area contributed by atoms with Gasteiger partial charge in [-0.15, -0.1) is 0 Å². The van der Waals surface area contributed by atoms with Crippen molar-refractivity contribution in [3.05, 3.63) is 88.6 Å². The molecule has 1 aliphatic heterocycles. The Balaban J connectivity index is 1.50. The smallest absolute Gasteiger partial charge is 0.254 e. The van der Waals surface area contributed by atoms with Gasteiger partial charge in [0.1, 0.15) is 17.5 Å². The van der Waals surface area contributed by atoms with Crippen molar-refractivity contribution < 1.29 is 14.0 Å². The van der Waals surface area contributed by atoms with E-state index >= 15 is 0 Å². The first-order valence-electron chi connectivity index (χ1n) is 11.1. The summed E-state index contributed by atoms with van der Waals surface area (Å²) in [7, 11) is 0. The van der Waals surface area contributed by atoms with Crippen molar-refractivity contribution in [3.8, 4) is 0 Å². The molecule has 0 unspecified atom stereocenters. The highest BCUT2D eigenvalue weighted by Gasteiger charge is 2.26. The fraction of sp³-hybridized carbons (Fsp3) is 0.308. The lowest BCUT2D eigenvalue weighted by molar-refractivity contribution is 0.0742. The molecule has 170 valence electrons. The zero-order valence-corrected chi connectivity index (χ0v) is 19.1. The zero-order chi connectivity index (χ0) is 23.5. The van der Waals surface area contributed by atoms with Gasteiger partial charge in [0.25, 0.3) is 5.91 Å². The first-order chi connectivity index (χ1) is 15.8. The number of nitrogens with zero attached hydrogens (tertiary/aromatic N) is 4. The topological polar surface area (TPSA) is 66.4 Å². The van der Waals surface area contributed by atoms with Crippen LogP contribution in [0.3, 0.4) is 0 Å². The average Bonchev–Trinajstić information content (AvgIpc) is 2.83. The van der Waals surface area contributed by atoms with Crippen LogP contribution in [0.4, 0.5) is 10.2 Å². The zero-order valence-electron chi connectivity index (χ0n) is 19.1. The van der Waals surface area contributed by atoms with Crippen LogP contribution in [-0.4, -0.2) is 52.7 Å². The number of benzene rings is 2. The highest BCUT2D eigenvalue weighted by atomic mass is 19.1. The van der Waals surface area contributed by atoms with E-state index in [4.69, 9.17) is 4.98 Å². The molecule has 0 atom stereocenters. The number of aromatic nitrogens is 2. The van der Waals surface area contributed by atoms with Crippen LogP contribution in [0.15, 0.2) is 54.6 Å². The van der Waals surface area contributed by atoms with Crippen LogP contribution in [0, 0.1) is 12.7 Å². The van der Waals surface area contributed by atoms with Gasteiger partial charge in [0.2, 0.25) is 0 Å². The Morgan fingerprint density at radius 1 is 0.909 bits per heavy atom. The van der Waals surface area contributed by atoms with Crippen molar-refractivity contribution >= 4 is 17.5 Å². The van der Waals surface area contributed by atoms with E-state index in [1.54, 1.807) is 29.2 Å². The van der Waals surface area contributed by atoms with Gasteiger partial charge in [-0.3, -0.25) is 9.59 Å². The van der Waals surface area contributed by atoms with Gasteiger partial charge < -0.3 is 9.80 Å². The predicted octanol–water partition coefficient (Wildman–Crippen LogP) is 4.24. The summed E-state index contributed by atoms with van der Waals surface area (Å²) in [5.41, 5.74) is 1.96. The number of piperazine rings is 1. The Kier molecular flexibility index (Phi) is 6.49. The third-order valence-electron chi connectivity index (χ3n) is 5.77. The van der Waals surface area contributed by atoms with E-state index in [-0.39, 0.29) is 17.6 Å². The van der Waals surface area contributed by atoms with E-state index in [2.05, 4.69) is 23.7 Å². The number of carbonyl (C=O) groups is 2. The molecule has 1 amide bonds. The first-order valence-corrected chi connectivity index (χ1v) is 11.1. The predicted molar refractivity (Wildman–Crippen MR) is 125 cm³/mol. The average molecular weight is 447 g/mol. The van der Waals surface area contributed by atoms with Crippen LogP contribution in [0.25, 0.3) is 0 Å². The molecule has 0 aliphatic carbocycles. The third kappa shape index (κ3) is 4.92. The molecule has 4 rings (SSSR count). The lowest BCUT2D eigenvalue weighted by Gasteiger charge is -2.36. The van der Waals surface area contributed by atoms with Crippen molar-refractivity contribution in [2.24, 2.45) is 0 Å². The quantitative estimate of drug-likeness (QED) is 0.549. The summed E-state index contributed by atoms with van der Waals surface area (Å²) in [5, 5.41) is 0. The van der Waals surface area contributed by atoms with Crippen LogP contribution >= 0.6 is 0 Å². The van der Waals surface area contributed by atoms with Crippen LogP contribution < -0.4 is 4.90 Å².